The van der Waals surface area contributed by atoms with Gasteiger partial charge >= 0.3 is 6.03 Å². The van der Waals surface area contributed by atoms with Crippen LogP contribution in [0.3, 0.4) is 0 Å². The molecule has 0 radical (unpaired) electrons. The van der Waals surface area contributed by atoms with Gasteiger partial charge in [0, 0.05) is 43.3 Å². The maximum atomic E-state index is 12.6. The quantitative estimate of drug-likeness (QED) is 0.758. The zero-order chi connectivity index (χ0) is 17.9. The largest absolute Gasteiger partial charge is 0.348 e. The number of nitrogens with one attached hydrogen (secondary N) is 2. The van der Waals surface area contributed by atoms with E-state index in [1.807, 2.05) is 27.9 Å². The number of rotatable bonds is 4. The molecule has 3 heterocycles. The number of aromatic amines is 1. The summed E-state index contributed by atoms with van der Waals surface area (Å²) in [7, 11) is 0. The van der Waals surface area contributed by atoms with Crippen LogP contribution in [0.1, 0.15) is 37.2 Å². The number of fused-ring (bicyclic) bond motifs is 1. The predicted octanol–water partition coefficient (Wildman–Crippen LogP) is 2.87. The number of aryl methyl sites for hydroxylation is 1. The topological polar surface area (TPSA) is 78.8 Å². The Balaban J connectivity index is 1.42. The highest BCUT2D eigenvalue weighted by Gasteiger charge is 2.26. The van der Waals surface area contributed by atoms with Crippen molar-refractivity contribution in [1.29, 1.82) is 0 Å². The molecule has 1 aliphatic rings. The Labute approximate surface area is 152 Å². The highest BCUT2D eigenvalue weighted by molar-refractivity contribution is 5.82. The molecule has 4 rings (SSSR count). The van der Waals surface area contributed by atoms with Crippen LogP contribution in [0.4, 0.5) is 4.79 Å². The lowest BCUT2D eigenvalue weighted by molar-refractivity contribution is 0.178. The molecule has 0 unspecified atom stereocenters. The van der Waals surface area contributed by atoms with E-state index in [9.17, 15) is 4.79 Å². The van der Waals surface area contributed by atoms with Crippen LogP contribution in [0.2, 0.25) is 0 Å². The zero-order valence-electron chi connectivity index (χ0n) is 15.0. The number of carbonyl (C=O) groups is 1. The van der Waals surface area contributed by atoms with Gasteiger partial charge in [0.25, 0.3) is 0 Å². The van der Waals surface area contributed by atoms with Gasteiger partial charge in [-0.3, -0.25) is 4.68 Å². The van der Waals surface area contributed by atoms with Crippen molar-refractivity contribution in [2.24, 2.45) is 0 Å². The van der Waals surface area contributed by atoms with Gasteiger partial charge in [0.2, 0.25) is 0 Å². The van der Waals surface area contributed by atoms with Crippen molar-refractivity contribution < 1.29 is 4.79 Å². The van der Waals surface area contributed by atoms with Crippen LogP contribution in [0.15, 0.2) is 36.7 Å². The van der Waals surface area contributed by atoms with Gasteiger partial charge in [0.15, 0.2) is 0 Å². The minimum atomic E-state index is -0.0311. The standard InChI is InChI=1S/C19H24N6O/c1-2-25-17-8-4-3-7-15(17)16(23-25)12-22-19(26)24-11-5-6-14(13-24)18-20-9-10-21-18/h3-4,7-10,14H,2,5-6,11-13H2,1H3,(H,20,21)(H,22,26)/t14-/m0/s1. The number of imidazole rings is 1. The summed E-state index contributed by atoms with van der Waals surface area (Å²) >= 11 is 0. The Morgan fingerprint density at radius 3 is 3.08 bits per heavy atom. The van der Waals surface area contributed by atoms with Crippen molar-refractivity contribution in [2.75, 3.05) is 13.1 Å². The summed E-state index contributed by atoms with van der Waals surface area (Å²) in [4.78, 5) is 22.1. The van der Waals surface area contributed by atoms with E-state index in [1.54, 1.807) is 6.20 Å². The minimum Gasteiger partial charge on any atom is -0.348 e. The number of H-pyrrole nitrogens is 1. The summed E-state index contributed by atoms with van der Waals surface area (Å²) in [5, 5.41) is 8.79. The maximum absolute atomic E-state index is 12.6. The van der Waals surface area contributed by atoms with E-state index >= 15 is 0 Å². The molecule has 7 nitrogen and oxygen atoms in total. The summed E-state index contributed by atoms with van der Waals surface area (Å²) in [6, 6.07) is 8.12. The van der Waals surface area contributed by atoms with E-state index in [0.29, 0.717) is 13.1 Å². The third-order valence-electron chi connectivity index (χ3n) is 5.06. The average molecular weight is 352 g/mol. The second-order valence-electron chi connectivity index (χ2n) is 6.70. The van der Waals surface area contributed by atoms with Crippen molar-refractivity contribution in [1.82, 2.24) is 30.0 Å². The molecule has 2 amide bonds. The van der Waals surface area contributed by atoms with Gasteiger partial charge in [-0.2, -0.15) is 5.10 Å². The maximum Gasteiger partial charge on any atom is 0.317 e. The molecule has 1 fully saturated rings. The first-order valence-electron chi connectivity index (χ1n) is 9.22. The fourth-order valence-electron chi connectivity index (χ4n) is 3.72. The SMILES string of the molecule is CCn1nc(CNC(=O)N2CCC[C@H](c3ncc[nH]3)C2)c2ccccc21. The fraction of sp³-hybridized carbons (Fsp3) is 0.421. The Morgan fingerprint density at radius 1 is 1.38 bits per heavy atom. The molecule has 136 valence electrons. The molecule has 7 heteroatoms. The molecule has 2 N–H and O–H groups in total. The second kappa shape index (κ2) is 7.19. The van der Waals surface area contributed by atoms with Gasteiger partial charge in [-0.15, -0.1) is 0 Å². The molecule has 1 saturated heterocycles. The normalized spacial score (nSPS) is 17.6. The van der Waals surface area contributed by atoms with Gasteiger partial charge in [0.05, 0.1) is 17.8 Å². The van der Waals surface area contributed by atoms with Crippen LogP contribution in [0, 0.1) is 0 Å². The smallest absolute Gasteiger partial charge is 0.317 e. The minimum absolute atomic E-state index is 0.0311. The predicted molar refractivity (Wildman–Crippen MR) is 99.8 cm³/mol. The Hall–Kier alpha value is -2.83. The van der Waals surface area contributed by atoms with Crippen molar-refractivity contribution >= 4 is 16.9 Å². The number of piperidine rings is 1. The van der Waals surface area contributed by atoms with Crippen LogP contribution in [0.25, 0.3) is 10.9 Å². The number of likely N-dealkylation sites (tertiary alicyclic amines) is 1. The molecular formula is C19H24N6O. The first-order valence-corrected chi connectivity index (χ1v) is 9.22. The van der Waals surface area contributed by atoms with E-state index in [0.717, 1.165) is 48.4 Å². The van der Waals surface area contributed by atoms with Crippen molar-refractivity contribution in [3.63, 3.8) is 0 Å². The van der Waals surface area contributed by atoms with E-state index in [4.69, 9.17) is 0 Å². The summed E-state index contributed by atoms with van der Waals surface area (Å²) < 4.78 is 1.98. The Bertz CT molecular complexity index is 885. The third kappa shape index (κ3) is 3.16. The lowest BCUT2D eigenvalue weighted by Crippen LogP contribution is -2.44. The number of urea groups is 1. The molecular weight excluding hydrogens is 328 g/mol. The number of hydrogen-bond acceptors (Lipinski definition) is 3. The first kappa shape index (κ1) is 16.6. The molecule has 26 heavy (non-hydrogen) atoms. The lowest BCUT2D eigenvalue weighted by Gasteiger charge is -2.31. The van der Waals surface area contributed by atoms with Crippen LogP contribution in [0.5, 0.6) is 0 Å². The van der Waals surface area contributed by atoms with Gasteiger partial charge in [-0.05, 0) is 25.8 Å². The first-order chi connectivity index (χ1) is 12.8. The molecule has 1 atom stereocenters. The van der Waals surface area contributed by atoms with Crippen LogP contribution < -0.4 is 5.32 Å². The third-order valence-corrected chi connectivity index (χ3v) is 5.06. The monoisotopic (exact) mass is 352 g/mol. The van der Waals surface area contributed by atoms with Gasteiger partial charge in [0.1, 0.15) is 5.82 Å². The Morgan fingerprint density at radius 2 is 2.27 bits per heavy atom. The number of hydrogen-bond donors (Lipinski definition) is 2. The fourth-order valence-corrected chi connectivity index (χ4v) is 3.72. The molecule has 0 saturated carbocycles. The molecule has 0 aliphatic carbocycles. The molecule has 0 bridgehead atoms. The van der Waals surface area contributed by atoms with Gasteiger partial charge < -0.3 is 15.2 Å². The molecule has 2 aromatic heterocycles. The van der Waals surface area contributed by atoms with Crippen LogP contribution in [-0.4, -0.2) is 43.8 Å². The van der Waals surface area contributed by atoms with Crippen molar-refractivity contribution in [2.45, 2.75) is 38.8 Å². The summed E-state index contributed by atoms with van der Waals surface area (Å²) in [6.07, 6.45) is 5.65. The van der Waals surface area contributed by atoms with E-state index < -0.39 is 0 Å². The lowest BCUT2D eigenvalue weighted by atomic mass is 9.98. The number of para-hydroxylation sites is 1. The highest BCUT2D eigenvalue weighted by atomic mass is 16.2. The van der Waals surface area contributed by atoms with Gasteiger partial charge in [-0.25, -0.2) is 9.78 Å². The summed E-state index contributed by atoms with van der Waals surface area (Å²) in [5.74, 6) is 1.25. The number of amides is 2. The van der Waals surface area contributed by atoms with E-state index in [2.05, 4.69) is 39.4 Å². The second-order valence-corrected chi connectivity index (χ2v) is 6.70. The van der Waals surface area contributed by atoms with E-state index in [-0.39, 0.29) is 11.9 Å². The summed E-state index contributed by atoms with van der Waals surface area (Å²) in [5.41, 5.74) is 2.02. The molecule has 1 aromatic carbocycles. The number of aromatic nitrogens is 4. The zero-order valence-corrected chi connectivity index (χ0v) is 15.0. The van der Waals surface area contributed by atoms with Crippen molar-refractivity contribution in [3.8, 4) is 0 Å². The molecule has 3 aromatic rings. The highest BCUT2D eigenvalue weighted by Crippen LogP contribution is 2.24. The Kier molecular flexibility index (Phi) is 4.60. The van der Waals surface area contributed by atoms with Crippen LogP contribution in [-0.2, 0) is 13.1 Å². The van der Waals surface area contributed by atoms with Crippen molar-refractivity contribution in [3.05, 3.63) is 48.2 Å². The van der Waals surface area contributed by atoms with Crippen LogP contribution >= 0.6 is 0 Å². The average Bonchev–Trinajstić information content (AvgIpc) is 3.34. The van der Waals surface area contributed by atoms with Gasteiger partial charge in [-0.1, -0.05) is 18.2 Å². The molecule has 1 aliphatic heterocycles. The molecule has 0 spiro atoms. The number of benzene rings is 1. The number of nitrogens with zero attached hydrogens (tertiary/aromatic N) is 4. The number of carbonyl (C=O) groups excluding carboxylic acids is 1. The van der Waals surface area contributed by atoms with E-state index in [1.165, 1.54) is 0 Å². The summed E-state index contributed by atoms with van der Waals surface area (Å²) in [6.45, 7) is 4.81.